The van der Waals surface area contributed by atoms with Gasteiger partial charge in [-0.15, -0.1) is 0 Å². The van der Waals surface area contributed by atoms with Gasteiger partial charge in [0, 0.05) is 7.05 Å². The van der Waals surface area contributed by atoms with Crippen molar-refractivity contribution >= 4 is 5.69 Å². The predicted molar refractivity (Wildman–Crippen MR) is 47.8 cm³/mol. The summed E-state index contributed by atoms with van der Waals surface area (Å²) in [5, 5.41) is 2.97. The van der Waals surface area contributed by atoms with Gasteiger partial charge in [0.1, 0.15) is 0 Å². The Morgan fingerprint density at radius 1 is 1.42 bits per heavy atom. The zero-order valence-electron chi connectivity index (χ0n) is 7.56. The third-order valence-electron chi connectivity index (χ3n) is 1.71. The minimum Gasteiger partial charge on any atom is -0.387 e. The van der Waals surface area contributed by atoms with Crippen LogP contribution < -0.4 is 5.32 Å². The number of hydrogen-bond donors (Lipinski definition) is 1. The van der Waals surface area contributed by atoms with Crippen LogP contribution in [0.4, 0.5) is 10.1 Å². The van der Waals surface area contributed by atoms with Gasteiger partial charge in [-0.05, 0) is 18.1 Å². The highest BCUT2D eigenvalue weighted by molar-refractivity contribution is 5.48. The molecule has 1 rings (SSSR count). The van der Waals surface area contributed by atoms with Crippen LogP contribution in [0.2, 0.25) is 0 Å². The first-order chi connectivity index (χ1) is 5.65. The quantitative estimate of drug-likeness (QED) is 0.686. The van der Waals surface area contributed by atoms with Gasteiger partial charge in [0.2, 0.25) is 5.95 Å². The minimum absolute atomic E-state index is 0.239. The molecule has 12 heavy (non-hydrogen) atoms. The van der Waals surface area contributed by atoms with E-state index in [1.54, 1.807) is 13.1 Å². The highest BCUT2D eigenvalue weighted by atomic mass is 19.1. The molecule has 0 bridgehead atoms. The molecule has 0 aromatic carbocycles. The summed E-state index contributed by atoms with van der Waals surface area (Å²) >= 11 is 0. The molecule has 0 fully saturated rings. The van der Waals surface area contributed by atoms with Crippen LogP contribution in [0.5, 0.6) is 0 Å². The molecule has 1 aromatic heterocycles. The Balaban J connectivity index is 3.12. The second-order valence-corrected chi connectivity index (χ2v) is 2.97. The van der Waals surface area contributed by atoms with E-state index >= 15 is 0 Å². The minimum atomic E-state index is -0.419. The molecular formula is C9H13FN2. The van der Waals surface area contributed by atoms with E-state index in [0.29, 0.717) is 0 Å². The molecule has 1 N–H and O–H groups in total. The summed E-state index contributed by atoms with van der Waals surface area (Å²) in [6.07, 6.45) is 0. The van der Waals surface area contributed by atoms with Crippen LogP contribution in [0, 0.1) is 5.95 Å². The van der Waals surface area contributed by atoms with E-state index in [0.717, 1.165) is 11.4 Å². The van der Waals surface area contributed by atoms with Gasteiger partial charge in [-0.25, -0.2) is 4.98 Å². The molecule has 66 valence electrons. The highest BCUT2D eigenvalue weighted by Gasteiger charge is 2.07. The second-order valence-electron chi connectivity index (χ2n) is 2.97. The molecule has 3 heteroatoms. The summed E-state index contributed by atoms with van der Waals surface area (Å²) in [6, 6.07) is 3.06. The molecular weight excluding hydrogens is 155 g/mol. The molecule has 0 radical (unpaired) electrons. The average molecular weight is 168 g/mol. The molecule has 0 amide bonds. The molecule has 0 atom stereocenters. The van der Waals surface area contributed by atoms with Crippen molar-refractivity contribution in [2.45, 2.75) is 19.8 Å². The monoisotopic (exact) mass is 168 g/mol. The summed E-state index contributed by atoms with van der Waals surface area (Å²) in [5.41, 5.74) is 1.67. The number of hydrogen-bond acceptors (Lipinski definition) is 2. The standard InChI is InChI=1S/C9H13FN2/c1-6(2)9-7(11-3)4-5-8(10)12-9/h4-6,11H,1-3H3. The lowest BCUT2D eigenvalue weighted by molar-refractivity contribution is 0.572. The molecule has 1 heterocycles. The van der Waals surface area contributed by atoms with Crippen molar-refractivity contribution in [3.63, 3.8) is 0 Å². The summed E-state index contributed by atoms with van der Waals surface area (Å²) < 4.78 is 12.7. The lowest BCUT2D eigenvalue weighted by Crippen LogP contribution is -2.01. The molecule has 2 nitrogen and oxygen atoms in total. The normalized spacial score (nSPS) is 10.4. The highest BCUT2D eigenvalue weighted by Crippen LogP contribution is 2.21. The number of anilines is 1. The Labute approximate surface area is 71.8 Å². The maximum atomic E-state index is 12.7. The number of halogens is 1. The van der Waals surface area contributed by atoms with Gasteiger partial charge >= 0.3 is 0 Å². The van der Waals surface area contributed by atoms with E-state index in [9.17, 15) is 4.39 Å². The van der Waals surface area contributed by atoms with E-state index in [-0.39, 0.29) is 5.92 Å². The van der Waals surface area contributed by atoms with Crippen molar-refractivity contribution in [1.29, 1.82) is 0 Å². The second kappa shape index (κ2) is 3.52. The van der Waals surface area contributed by atoms with Crippen molar-refractivity contribution in [3.05, 3.63) is 23.8 Å². The molecule has 0 saturated carbocycles. The van der Waals surface area contributed by atoms with Crippen molar-refractivity contribution in [2.75, 3.05) is 12.4 Å². The van der Waals surface area contributed by atoms with Gasteiger partial charge in [-0.1, -0.05) is 13.8 Å². The van der Waals surface area contributed by atoms with Crippen LogP contribution in [-0.4, -0.2) is 12.0 Å². The largest absolute Gasteiger partial charge is 0.387 e. The van der Waals surface area contributed by atoms with Crippen LogP contribution in [0.1, 0.15) is 25.5 Å². The number of nitrogens with zero attached hydrogens (tertiary/aromatic N) is 1. The van der Waals surface area contributed by atoms with Gasteiger partial charge in [-0.3, -0.25) is 0 Å². The lowest BCUT2D eigenvalue weighted by atomic mass is 10.1. The fourth-order valence-electron chi connectivity index (χ4n) is 1.10. The van der Waals surface area contributed by atoms with Crippen LogP contribution in [-0.2, 0) is 0 Å². The summed E-state index contributed by atoms with van der Waals surface area (Å²) in [5.74, 6) is -0.180. The fourth-order valence-corrected chi connectivity index (χ4v) is 1.10. The lowest BCUT2D eigenvalue weighted by Gasteiger charge is -2.10. The maximum Gasteiger partial charge on any atom is 0.213 e. The number of rotatable bonds is 2. The first-order valence-electron chi connectivity index (χ1n) is 3.99. The SMILES string of the molecule is CNc1ccc(F)nc1C(C)C. The van der Waals surface area contributed by atoms with Crippen molar-refractivity contribution in [1.82, 2.24) is 4.98 Å². The Kier molecular flexibility index (Phi) is 2.63. The molecule has 0 aliphatic rings. The molecule has 0 aliphatic heterocycles. The third-order valence-corrected chi connectivity index (χ3v) is 1.71. The Morgan fingerprint density at radius 2 is 2.08 bits per heavy atom. The third kappa shape index (κ3) is 1.72. The fraction of sp³-hybridized carbons (Fsp3) is 0.444. The first-order valence-corrected chi connectivity index (χ1v) is 3.99. The first kappa shape index (κ1) is 8.97. The zero-order valence-corrected chi connectivity index (χ0v) is 7.56. The Morgan fingerprint density at radius 3 is 2.58 bits per heavy atom. The Bertz CT molecular complexity index is 271. The van der Waals surface area contributed by atoms with Crippen LogP contribution in [0.3, 0.4) is 0 Å². The topological polar surface area (TPSA) is 24.9 Å². The molecule has 0 unspecified atom stereocenters. The molecule has 0 saturated heterocycles. The predicted octanol–water partition coefficient (Wildman–Crippen LogP) is 2.39. The zero-order chi connectivity index (χ0) is 9.14. The maximum absolute atomic E-state index is 12.7. The van der Waals surface area contributed by atoms with E-state index in [2.05, 4.69) is 10.3 Å². The van der Waals surface area contributed by atoms with Crippen LogP contribution in [0.25, 0.3) is 0 Å². The van der Waals surface area contributed by atoms with Gasteiger partial charge in [0.05, 0.1) is 11.4 Å². The summed E-state index contributed by atoms with van der Waals surface area (Å²) in [6.45, 7) is 3.98. The van der Waals surface area contributed by atoms with Crippen molar-refractivity contribution < 1.29 is 4.39 Å². The van der Waals surface area contributed by atoms with E-state index in [4.69, 9.17) is 0 Å². The van der Waals surface area contributed by atoms with Gasteiger partial charge in [0.15, 0.2) is 0 Å². The van der Waals surface area contributed by atoms with Crippen LogP contribution in [0.15, 0.2) is 12.1 Å². The number of nitrogens with one attached hydrogen (secondary N) is 1. The summed E-state index contributed by atoms with van der Waals surface area (Å²) in [4.78, 5) is 3.81. The van der Waals surface area contributed by atoms with Gasteiger partial charge in [0.25, 0.3) is 0 Å². The molecule has 0 aliphatic carbocycles. The van der Waals surface area contributed by atoms with Crippen LogP contribution >= 0.6 is 0 Å². The van der Waals surface area contributed by atoms with Crippen molar-refractivity contribution in [2.24, 2.45) is 0 Å². The Hall–Kier alpha value is -1.12. The van der Waals surface area contributed by atoms with Crippen molar-refractivity contribution in [3.8, 4) is 0 Å². The van der Waals surface area contributed by atoms with E-state index < -0.39 is 5.95 Å². The van der Waals surface area contributed by atoms with E-state index in [1.165, 1.54) is 6.07 Å². The average Bonchev–Trinajstić information content (AvgIpc) is 2.04. The number of pyridine rings is 1. The smallest absolute Gasteiger partial charge is 0.213 e. The summed E-state index contributed by atoms with van der Waals surface area (Å²) in [7, 11) is 1.81. The van der Waals surface area contributed by atoms with E-state index in [1.807, 2.05) is 13.8 Å². The molecule has 1 aromatic rings. The van der Waals surface area contributed by atoms with Gasteiger partial charge < -0.3 is 5.32 Å². The van der Waals surface area contributed by atoms with Gasteiger partial charge in [-0.2, -0.15) is 4.39 Å². The molecule has 0 spiro atoms. The number of aromatic nitrogens is 1.